The van der Waals surface area contributed by atoms with E-state index in [-0.39, 0.29) is 10.8 Å². The van der Waals surface area contributed by atoms with Crippen LogP contribution in [0, 0.1) is 0 Å². The van der Waals surface area contributed by atoms with Crippen LogP contribution in [-0.4, -0.2) is 6.88 Å². The van der Waals surface area contributed by atoms with Gasteiger partial charge < -0.3 is 0 Å². The van der Waals surface area contributed by atoms with E-state index in [2.05, 4.69) is 157 Å². The second kappa shape index (κ2) is 9.11. The van der Waals surface area contributed by atoms with E-state index < -0.39 is 17.4 Å². The first-order chi connectivity index (χ1) is 18.7. The summed E-state index contributed by atoms with van der Waals surface area (Å²) in [6.07, 6.45) is 2.49. The minimum atomic E-state index is -4.10. The Bertz CT molecular complexity index is 1680. The van der Waals surface area contributed by atoms with Crippen LogP contribution < -0.4 is 3.27 Å². The molecule has 204 valence electrons. The van der Waals surface area contributed by atoms with Gasteiger partial charge in [-0.1, -0.05) is 0 Å². The van der Waals surface area contributed by atoms with Crippen molar-refractivity contribution in [3.05, 3.63) is 130 Å². The fourth-order valence-electron chi connectivity index (χ4n) is 8.02. The molecule has 4 aromatic carbocycles. The van der Waals surface area contributed by atoms with E-state index in [0.29, 0.717) is 7.25 Å². The number of benzene rings is 4. The predicted molar refractivity (Wildman–Crippen MR) is 174 cm³/mol. The quantitative estimate of drug-likeness (QED) is 0.201. The zero-order chi connectivity index (χ0) is 28.7. The first kappa shape index (κ1) is 27.9. The summed E-state index contributed by atoms with van der Waals surface area (Å²) in [7, 11) is 0. The predicted octanol–water partition coefficient (Wildman–Crippen LogP) is 9.12. The van der Waals surface area contributed by atoms with Crippen LogP contribution in [-0.2, 0) is 28.2 Å². The van der Waals surface area contributed by atoms with Crippen LogP contribution in [0.2, 0.25) is 4.63 Å². The van der Waals surface area contributed by atoms with Gasteiger partial charge in [-0.25, -0.2) is 0 Å². The Labute approximate surface area is 244 Å². The number of rotatable bonds is 3. The molecule has 2 aliphatic carbocycles. The molecule has 0 heterocycles. The van der Waals surface area contributed by atoms with Crippen molar-refractivity contribution in [3.8, 4) is 11.1 Å². The molecule has 1 atom stereocenters. The molecule has 0 bridgehead atoms. The van der Waals surface area contributed by atoms with Crippen LogP contribution in [0.1, 0.15) is 89.1 Å². The van der Waals surface area contributed by atoms with Crippen LogP contribution in [0.3, 0.4) is 0 Å². The van der Waals surface area contributed by atoms with Crippen molar-refractivity contribution >= 4 is 16.2 Å². The first-order valence-corrected chi connectivity index (χ1v) is 27.3. The summed E-state index contributed by atoms with van der Waals surface area (Å²) >= 11 is -4.10. The molecular formula is C38H44SiZr. The zero-order valence-electron chi connectivity index (χ0n) is 25.6. The van der Waals surface area contributed by atoms with E-state index in [1.807, 2.05) is 0 Å². The fourth-order valence-corrected chi connectivity index (χ4v) is 32.0. The van der Waals surface area contributed by atoms with E-state index in [4.69, 9.17) is 0 Å². The molecule has 0 amide bonds. The van der Waals surface area contributed by atoms with Crippen molar-refractivity contribution in [2.45, 2.75) is 71.2 Å². The van der Waals surface area contributed by atoms with Crippen LogP contribution in [0.4, 0.5) is 0 Å². The van der Waals surface area contributed by atoms with Crippen LogP contribution in [0.25, 0.3) is 17.2 Å². The third kappa shape index (κ3) is 4.08. The van der Waals surface area contributed by atoms with E-state index >= 15 is 0 Å². The van der Waals surface area contributed by atoms with E-state index in [9.17, 15) is 0 Å². The second-order valence-electron chi connectivity index (χ2n) is 15.1. The SMILES string of the molecule is CC1=Cc2ccccc2[CH]1[Zr]([CH3])(=[SiH2])([c]1ccccc1)[CH]1c2cc(C(C)(C)C)ccc2-c2ccc(C(C)(C)C)cc21. The molecule has 0 fully saturated rings. The molecule has 0 saturated carbocycles. The van der Waals surface area contributed by atoms with Crippen molar-refractivity contribution in [3.63, 3.8) is 0 Å². The molecule has 40 heavy (non-hydrogen) atoms. The normalized spacial score (nSPS) is 17.3. The Kier molecular flexibility index (Phi) is 6.35. The Morgan fingerprint density at radius 2 is 1.10 bits per heavy atom. The molecule has 6 rings (SSSR count). The van der Waals surface area contributed by atoms with Gasteiger partial charge in [0.15, 0.2) is 0 Å². The molecule has 0 saturated heterocycles. The van der Waals surface area contributed by atoms with Crippen molar-refractivity contribution < 1.29 is 17.4 Å². The molecule has 0 nitrogen and oxygen atoms in total. The van der Waals surface area contributed by atoms with Gasteiger partial charge in [-0.05, 0) is 0 Å². The van der Waals surface area contributed by atoms with Gasteiger partial charge >= 0.3 is 246 Å². The van der Waals surface area contributed by atoms with E-state index in [0.717, 1.165) is 0 Å². The van der Waals surface area contributed by atoms with E-state index in [1.54, 1.807) is 25.5 Å². The summed E-state index contributed by atoms with van der Waals surface area (Å²) in [5, 5.41) is 0. The standard InChI is InChI=1S/C21H25.C10H9.C6H5.CH3.H2Si.Zr/c1-20(2,3)16-7-9-18-14(12-16)11-15-13-17(21(4,5)6)8-10-19(15)18;1-8-6-9-4-2-3-5-10(9)7-8;1-2-4-6-5-3-1;;;/h7-13H,1-6H3;2-7H,1H3;1-5H;1H3;1H2;. The molecule has 0 aliphatic heterocycles. The molecule has 0 N–H and O–H groups in total. The number of allylic oxidation sites excluding steroid dienone is 1. The third-order valence-electron chi connectivity index (χ3n) is 10.1. The molecule has 4 aromatic rings. The van der Waals surface area contributed by atoms with Crippen molar-refractivity contribution in [2.24, 2.45) is 0 Å². The summed E-state index contributed by atoms with van der Waals surface area (Å²) in [6.45, 7) is 19.0. The van der Waals surface area contributed by atoms with Crippen LogP contribution in [0.15, 0.2) is 96.6 Å². The molecule has 0 aromatic heterocycles. The maximum absolute atomic E-state index is 4.10. The van der Waals surface area contributed by atoms with Crippen molar-refractivity contribution in [1.82, 2.24) is 0 Å². The monoisotopic (exact) mass is 618 g/mol. The summed E-state index contributed by atoms with van der Waals surface area (Å²) in [4.78, 5) is 0. The van der Waals surface area contributed by atoms with Gasteiger partial charge in [0.25, 0.3) is 0 Å². The molecule has 1 unspecified atom stereocenters. The van der Waals surface area contributed by atoms with Gasteiger partial charge in [-0.2, -0.15) is 0 Å². The van der Waals surface area contributed by atoms with Gasteiger partial charge in [-0.15, -0.1) is 0 Å². The Morgan fingerprint density at radius 1 is 0.600 bits per heavy atom. The number of fused-ring (bicyclic) bond motifs is 4. The first-order valence-electron chi connectivity index (χ1n) is 14.9. The Morgan fingerprint density at radius 3 is 1.62 bits per heavy atom. The molecule has 0 radical (unpaired) electrons. The molecule has 2 aliphatic rings. The summed E-state index contributed by atoms with van der Waals surface area (Å²) in [5.41, 5.74) is 13.6. The number of hydrogen-bond acceptors (Lipinski definition) is 0. The average Bonchev–Trinajstić information content (AvgIpc) is 3.42. The summed E-state index contributed by atoms with van der Waals surface area (Å²) < 4.78 is 5.26. The Hall–Kier alpha value is -2.28. The van der Waals surface area contributed by atoms with Crippen LogP contribution >= 0.6 is 0 Å². The minimum absolute atomic E-state index is 0.0997. The summed E-state index contributed by atoms with van der Waals surface area (Å²) in [6, 6.07) is 35.8. The maximum atomic E-state index is 2.79. The van der Waals surface area contributed by atoms with Crippen molar-refractivity contribution in [2.75, 3.05) is 0 Å². The van der Waals surface area contributed by atoms with Gasteiger partial charge in [0.1, 0.15) is 0 Å². The molecule has 0 spiro atoms. The number of hydrogen-bond donors (Lipinski definition) is 0. The van der Waals surface area contributed by atoms with Gasteiger partial charge in [0, 0.05) is 0 Å². The Balaban J connectivity index is 1.75. The molecular weight excluding hydrogens is 576 g/mol. The third-order valence-corrected chi connectivity index (χ3v) is 33.5. The fraction of sp³-hybridized carbons (Fsp3) is 0.316. The zero-order valence-corrected chi connectivity index (χ0v) is 29.5. The van der Waals surface area contributed by atoms with Crippen LogP contribution in [0.5, 0.6) is 0 Å². The van der Waals surface area contributed by atoms with E-state index in [1.165, 1.54) is 27.8 Å². The van der Waals surface area contributed by atoms with Gasteiger partial charge in [0.2, 0.25) is 0 Å². The van der Waals surface area contributed by atoms with Gasteiger partial charge in [-0.3, -0.25) is 0 Å². The van der Waals surface area contributed by atoms with Crippen molar-refractivity contribution in [1.29, 1.82) is 0 Å². The summed E-state index contributed by atoms with van der Waals surface area (Å²) in [5.74, 6) is 0. The molecule has 2 heteroatoms. The topological polar surface area (TPSA) is 0 Å². The second-order valence-corrected chi connectivity index (χ2v) is 41.4. The van der Waals surface area contributed by atoms with Gasteiger partial charge in [0.05, 0.1) is 0 Å². The average molecular weight is 620 g/mol.